The number of ketones is 1. The van der Waals surface area contributed by atoms with Gasteiger partial charge in [-0.3, -0.25) is 4.79 Å². The number of rotatable bonds is 5. The maximum Gasteiger partial charge on any atom is 0.408 e. The highest BCUT2D eigenvalue weighted by Crippen LogP contribution is 2.36. The topological polar surface area (TPSA) is 80.3 Å². The fourth-order valence-corrected chi connectivity index (χ4v) is 4.82. The summed E-state index contributed by atoms with van der Waals surface area (Å²) in [6.45, 7) is 6.23. The molecule has 6 nitrogen and oxygen atoms in total. The van der Waals surface area contributed by atoms with E-state index in [2.05, 4.69) is 31.5 Å². The largest absolute Gasteiger partial charge is 0.436 e. The molecule has 2 heterocycles. The van der Waals surface area contributed by atoms with Crippen molar-refractivity contribution < 1.29 is 18.7 Å². The van der Waals surface area contributed by atoms with E-state index in [1.807, 2.05) is 20.8 Å². The van der Waals surface area contributed by atoms with Gasteiger partial charge in [0.1, 0.15) is 11.5 Å². The van der Waals surface area contributed by atoms with E-state index in [9.17, 15) is 14.0 Å². The fourth-order valence-electron chi connectivity index (χ4n) is 3.33. The minimum atomic E-state index is -1.06. The number of hydrogen-bond acceptors (Lipinski definition) is 6. The van der Waals surface area contributed by atoms with E-state index in [4.69, 9.17) is 4.74 Å². The Morgan fingerprint density at radius 1 is 1.33 bits per heavy atom. The van der Waals surface area contributed by atoms with Crippen molar-refractivity contribution in [3.8, 4) is 10.4 Å². The van der Waals surface area contributed by atoms with Crippen LogP contribution in [0.4, 0.5) is 9.18 Å². The first-order valence-corrected chi connectivity index (χ1v) is 11.4. The molecule has 1 aromatic heterocycles. The Morgan fingerprint density at radius 2 is 2.07 bits per heavy atom. The van der Waals surface area contributed by atoms with Crippen molar-refractivity contribution in [3.63, 3.8) is 0 Å². The fraction of sp³-hybridized carbons (Fsp3) is 0.476. The van der Waals surface area contributed by atoms with Gasteiger partial charge >= 0.3 is 6.09 Å². The van der Waals surface area contributed by atoms with Crippen molar-refractivity contribution in [2.24, 2.45) is 0 Å². The van der Waals surface area contributed by atoms with Crippen LogP contribution in [-0.4, -0.2) is 41.1 Å². The Labute approximate surface area is 187 Å². The average Bonchev–Trinajstić information content (AvgIpc) is 3.07. The molecule has 162 valence electrons. The summed E-state index contributed by atoms with van der Waals surface area (Å²) in [5.41, 5.74) is -0.122. The molecule has 0 aliphatic carbocycles. The van der Waals surface area contributed by atoms with Crippen LogP contribution in [0, 0.1) is 5.82 Å². The highest BCUT2D eigenvalue weighted by Gasteiger charge is 2.37. The lowest BCUT2D eigenvalue weighted by Gasteiger charge is -2.31. The number of hydrogen-bond donors (Lipinski definition) is 2. The van der Waals surface area contributed by atoms with Crippen LogP contribution < -0.4 is 10.6 Å². The van der Waals surface area contributed by atoms with Crippen LogP contribution in [0.25, 0.3) is 10.4 Å². The first-order valence-electron chi connectivity index (χ1n) is 9.83. The van der Waals surface area contributed by atoms with Crippen LogP contribution in [0.5, 0.6) is 0 Å². The van der Waals surface area contributed by atoms with Crippen molar-refractivity contribution >= 4 is 39.1 Å². The van der Waals surface area contributed by atoms with Gasteiger partial charge in [0, 0.05) is 11.1 Å². The molecule has 2 N–H and O–H groups in total. The molecule has 0 bridgehead atoms. The molecular weight excluding hydrogens is 473 g/mol. The molecule has 1 aliphatic heterocycles. The van der Waals surface area contributed by atoms with E-state index in [-0.39, 0.29) is 11.7 Å². The lowest BCUT2D eigenvalue weighted by atomic mass is 9.95. The highest BCUT2D eigenvalue weighted by molar-refractivity contribution is 9.11. The molecule has 1 saturated heterocycles. The summed E-state index contributed by atoms with van der Waals surface area (Å²) < 4.78 is 20.5. The lowest BCUT2D eigenvalue weighted by Crippen LogP contribution is -2.52. The van der Waals surface area contributed by atoms with Crippen LogP contribution in [-0.2, 0) is 4.74 Å². The Kier molecular flexibility index (Phi) is 7.26. The molecule has 30 heavy (non-hydrogen) atoms. The predicted molar refractivity (Wildman–Crippen MR) is 118 cm³/mol. The number of thiazole rings is 1. The van der Waals surface area contributed by atoms with E-state index >= 15 is 0 Å². The Balaban J connectivity index is 1.95. The van der Waals surface area contributed by atoms with E-state index in [1.165, 1.54) is 17.4 Å². The van der Waals surface area contributed by atoms with Gasteiger partial charge in [-0.05, 0) is 62.2 Å². The number of nitrogens with zero attached hydrogens (tertiary/aromatic N) is 1. The minimum absolute atomic E-state index is 0.0953. The zero-order chi connectivity index (χ0) is 21.9. The summed E-state index contributed by atoms with van der Waals surface area (Å²) in [6.07, 6.45) is 0.877. The van der Waals surface area contributed by atoms with E-state index in [0.717, 1.165) is 19.4 Å². The third-order valence-corrected chi connectivity index (χ3v) is 6.18. The highest BCUT2D eigenvalue weighted by atomic mass is 79.9. The summed E-state index contributed by atoms with van der Waals surface area (Å²) in [4.78, 5) is 30.7. The normalized spacial score (nSPS) is 18.0. The molecule has 9 heteroatoms. The number of ether oxygens (including phenoxy) is 1. The van der Waals surface area contributed by atoms with E-state index in [0.29, 0.717) is 20.8 Å². The van der Waals surface area contributed by atoms with Crippen LogP contribution in [0.15, 0.2) is 28.2 Å². The Morgan fingerprint density at radius 3 is 2.70 bits per heavy atom. The smallest absolute Gasteiger partial charge is 0.408 e. The van der Waals surface area contributed by atoms with Crippen molar-refractivity contribution in [1.29, 1.82) is 0 Å². The molecule has 0 saturated carbocycles. The molecule has 1 amide bonds. The van der Waals surface area contributed by atoms with Crippen molar-refractivity contribution in [2.45, 2.75) is 57.7 Å². The van der Waals surface area contributed by atoms with Crippen LogP contribution in [0.2, 0.25) is 0 Å². The SMILES string of the molecule is CC(C)(C)NC(=O)OC(C(=O)c1nc(Br)sc1-c1ccccc1F)C1CCCCN1. The monoisotopic (exact) mass is 497 g/mol. The number of piperidine rings is 1. The summed E-state index contributed by atoms with van der Waals surface area (Å²) in [7, 11) is 0. The van der Waals surface area contributed by atoms with Gasteiger partial charge < -0.3 is 15.4 Å². The number of nitrogens with one attached hydrogen (secondary N) is 2. The lowest BCUT2D eigenvalue weighted by molar-refractivity contribution is 0.0460. The Hall–Kier alpha value is -1.84. The number of halogens is 2. The number of carbonyl (C=O) groups is 2. The van der Waals surface area contributed by atoms with Gasteiger partial charge in [0.25, 0.3) is 0 Å². The van der Waals surface area contributed by atoms with Gasteiger partial charge in [-0.2, -0.15) is 0 Å². The first-order chi connectivity index (χ1) is 14.2. The minimum Gasteiger partial charge on any atom is -0.436 e. The molecule has 2 unspecified atom stereocenters. The third-order valence-electron chi connectivity index (χ3n) is 4.64. The predicted octanol–water partition coefficient (Wildman–Crippen LogP) is 4.93. The summed E-state index contributed by atoms with van der Waals surface area (Å²) in [5.74, 6) is -0.889. The van der Waals surface area contributed by atoms with Crippen molar-refractivity contribution in [3.05, 3.63) is 39.7 Å². The molecular formula is C21H25BrFN3O3S. The zero-order valence-corrected chi connectivity index (χ0v) is 19.5. The zero-order valence-electron chi connectivity index (χ0n) is 17.1. The molecule has 1 fully saturated rings. The van der Waals surface area contributed by atoms with Gasteiger partial charge in [-0.25, -0.2) is 14.2 Å². The summed E-state index contributed by atoms with van der Waals surface area (Å²) >= 11 is 4.48. The molecule has 0 radical (unpaired) electrons. The van der Waals surface area contributed by atoms with Gasteiger partial charge in [-0.1, -0.05) is 24.6 Å². The molecule has 1 aliphatic rings. The van der Waals surface area contributed by atoms with Crippen molar-refractivity contribution in [1.82, 2.24) is 15.6 Å². The number of amides is 1. The van der Waals surface area contributed by atoms with E-state index < -0.39 is 29.3 Å². The van der Waals surface area contributed by atoms with Crippen LogP contribution >= 0.6 is 27.3 Å². The van der Waals surface area contributed by atoms with Gasteiger partial charge in [-0.15, -0.1) is 11.3 Å². The molecule has 2 aromatic rings. The van der Waals surface area contributed by atoms with Gasteiger partial charge in [0.15, 0.2) is 10.0 Å². The van der Waals surface area contributed by atoms with Crippen LogP contribution in [0.1, 0.15) is 50.5 Å². The second-order valence-corrected chi connectivity index (χ2v) is 10.5. The summed E-state index contributed by atoms with van der Waals surface area (Å²) in [5, 5.41) is 6.01. The number of carbonyl (C=O) groups excluding carboxylic acids is 2. The number of benzene rings is 1. The second-order valence-electron chi connectivity index (χ2n) is 8.25. The maximum atomic E-state index is 14.4. The Bertz CT molecular complexity index is 922. The molecule has 0 spiro atoms. The standard InChI is InChI=1S/C21H25BrFN3O3S/c1-21(2,3)26-20(28)29-17(14-10-6-7-11-24-14)16(27)15-18(30-19(22)25-15)12-8-4-5-9-13(12)23/h4-5,8-9,14,17,24H,6-7,10-11H2,1-3H3,(H,26,28). The average molecular weight is 498 g/mol. The first kappa shape index (κ1) is 22.8. The van der Waals surface area contributed by atoms with Crippen molar-refractivity contribution in [2.75, 3.05) is 6.54 Å². The number of aromatic nitrogens is 1. The van der Waals surface area contributed by atoms with Crippen LogP contribution in [0.3, 0.4) is 0 Å². The van der Waals surface area contributed by atoms with Gasteiger partial charge in [0.05, 0.1) is 10.9 Å². The maximum absolute atomic E-state index is 14.4. The molecule has 2 atom stereocenters. The summed E-state index contributed by atoms with van der Waals surface area (Å²) in [6, 6.07) is 5.90. The number of Topliss-reactive ketones (excluding diaryl/α,β-unsaturated/α-hetero) is 1. The second kappa shape index (κ2) is 9.53. The number of alkyl carbamates (subject to hydrolysis) is 1. The van der Waals surface area contributed by atoms with E-state index in [1.54, 1.807) is 18.2 Å². The molecule has 3 rings (SSSR count). The quantitative estimate of drug-likeness (QED) is 0.572. The third kappa shape index (κ3) is 5.65. The molecule has 1 aromatic carbocycles. The van der Waals surface area contributed by atoms with Gasteiger partial charge in [0.2, 0.25) is 5.78 Å².